The molecular formula is C27H29N3O7. The number of carbonyl (C=O) groups excluding carboxylic acids is 2. The third-order valence-electron chi connectivity index (χ3n) is 7.17. The molecule has 37 heavy (non-hydrogen) atoms. The fraction of sp³-hybridized carbons (Fsp3) is 0.407. The highest BCUT2D eigenvalue weighted by Gasteiger charge is 2.48. The molecule has 1 aromatic heterocycles. The third-order valence-corrected chi connectivity index (χ3v) is 7.17. The molecular weight excluding hydrogens is 478 g/mol. The summed E-state index contributed by atoms with van der Waals surface area (Å²) in [6.07, 6.45) is 0.442. The van der Waals surface area contributed by atoms with Crippen LogP contribution in [0.4, 0.5) is 0 Å². The highest BCUT2D eigenvalue weighted by atomic mass is 16.7. The van der Waals surface area contributed by atoms with Gasteiger partial charge in [0.2, 0.25) is 18.6 Å². The number of aromatic amines is 1. The number of H-pyrrole nitrogens is 1. The normalized spacial score (nSPS) is 20.5. The Morgan fingerprint density at radius 2 is 1.81 bits per heavy atom. The summed E-state index contributed by atoms with van der Waals surface area (Å²) in [5.41, 5.74) is 3.83. The number of amides is 2. The Morgan fingerprint density at radius 3 is 2.68 bits per heavy atom. The second kappa shape index (κ2) is 10.0. The van der Waals surface area contributed by atoms with Crippen LogP contribution in [0.1, 0.15) is 22.9 Å². The summed E-state index contributed by atoms with van der Waals surface area (Å²) < 4.78 is 21.9. The Hall–Kier alpha value is -3.60. The molecule has 10 heteroatoms. The third kappa shape index (κ3) is 4.30. The maximum absolute atomic E-state index is 13.7. The van der Waals surface area contributed by atoms with E-state index in [2.05, 4.69) is 11.1 Å². The summed E-state index contributed by atoms with van der Waals surface area (Å²) in [7, 11) is 0. The minimum absolute atomic E-state index is 0.00365. The average Bonchev–Trinajstić information content (AvgIpc) is 3.53. The van der Waals surface area contributed by atoms with Gasteiger partial charge in [-0.05, 0) is 29.3 Å². The largest absolute Gasteiger partial charge is 0.454 e. The van der Waals surface area contributed by atoms with Crippen LogP contribution in [0, 0.1) is 0 Å². The Kier molecular flexibility index (Phi) is 6.45. The molecule has 0 aliphatic carbocycles. The molecule has 0 radical (unpaired) electrons. The van der Waals surface area contributed by atoms with Crippen molar-refractivity contribution < 1.29 is 33.6 Å². The standard InChI is InChI=1S/C27H29N3O7/c31-8-10-35-12-11-34-9-7-29-15-24(32)30-21(27(29)33)14-19-18-3-1-2-4-20(18)28-25(19)26(30)17-5-6-22-23(13-17)37-16-36-22/h1-6,13,21,26,28,31H,7-12,14-16H2/t21-,26-/m1/s1. The van der Waals surface area contributed by atoms with E-state index < -0.39 is 12.1 Å². The molecule has 6 rings (SSSR count). The first kappa shape index (κ1) is 23.8. The van der Waals surface area contributed by atoms with Crippen molar-refractivity contribution in [2.45, 2.75) is 18.5 Å². The van der Waals surface area contributed by atoms with Crippen molar-refractivity contribution >= 4 is 22.7 Å². The molecule has 2 atom stereocenters. The van der Waals surface area contributed by atoms with E-state index in [-0.39, 0.29) is 38.4 Å². The number of hydrogen-bond acceptors (Lipinski definition) is 7. The number of nitrogens with one attached hydrogen (secondary N) is 1. The molecule has 0 bridgehead atoms. The Balaban J connectivity index is 1.29. The van der Waals surface area contributed by atoms with E-state index in [1.165, 1.54) is 0 Å². The van der Waals surface area contributed by atoms with Crippen LogP contribution in [-0.2, 0) is 25.5 Å². The SMILES string of the molecule is O=C1[C@H]2Cc3c([nH]c4ccccc34)[C@@H](c3ccc4c(c3)OCO4)N2C(=O)CN1CCOCCOCCO. The lowest BCUT2D eigenvalue weighted by Gasteiger charge is -2.47. The highest BCUT2D eigenvalue weighted by molar-refractivity contribution is 5.97. The van der Waals surface area contributed by atoms with E-state index in [1.807, 2.05) is 36.4 Å². The molecule has 3 aromatic rings. The molecule has 2 aromatic carbocycles. The van der Waals surface area contributed by atoms with Gasteiger partial charge in [-0.15, -0.1) is 0 Å². The fourth-order valence-electron chi connectivity index (χ4n) is 5.50. The summed E-state index contributed by atoms with van der Waals surface area (Å²) in [6.45, 7) is 1.74. The van der Waals surface area contributed by atoms with Crippen LogP contribution >= 0.6 is 0 Å². The molecule has 10 nitrogen and oxygen atoms in total. The zero-order valence-corrected chi connectivity index (χ0v) is 20.4. The number of aliphatic hydroxyl groups excluding tert-OH is 1. The van der Waals surface area contributed by atoms with Crippen molar-refractivity contribution in [3.8, 4) is 11.5 Å². The minimum atomic E-state index is -0.615. The number of aliphatic hydroxyl groups is 1. The molecule has 3 aliphatic heterocycles. The van der Waals surface area contributed by atoms with Gasteiger partial charge >= 0.3 is 0 Å². The van der Waals surface area contributed by atoms with Crippen LogP contribution in [-0.4, -0.2) is 90.7 Å². The molecule has 3 aliphatic rings. The number of fused-ring (bicyclic) bond motifs is 5. The Labute approximate surface area is 213 Å². The number of para-hydroxylation sites is 1. The summed E-state index contributed by atoms with van der Waals surface area (Å²) in [4.78, 5) is 34.2. The average molecular weight is 508 g/mol. The van der Waals surface area contributed by atoms with Gasteiger partial charge < -0.3 is 38.8 Å². The number of ether oxygens (including phenoxy) is 4. The van der Waals surface area contributed by atoms with Crippen molar-refractivity contribution in [2.75, 3.05) is 52.9 Å². The molecule has 1 saturated heterocycles. The zero-order chi connectivity index (χ0) is 25.4. The summed E-state index contributed by atoms with van der Waals surface area (Å²) >= 11 is 0. The first-order chi connectivity index (χ1) is 18.2. The van der Waals surface area contributed by atoms with Crippen LogP contribution in [0.3, 0.4) is 0 Å². The number of carbonyl (C=O) groups is 2. The number of aromatic nitrogens is 1. The van der Waals surface area contributed by atoms with E-state index in [0.717, 1.165) is 27.7 Å². The predicted molar refractivity (Wildman–Crippen MR) is 132 cm³/mol. The van der Waals surface area contributed by atoms with Crippen molar-refractivity contribution in [1.29, 1.82) is 0 Å². The van der Waals surface area contributed by atoms with E-state index in [4.69, 9.17) is 24.1 Å². The smallest absolute Gasteiger partial charge is 0.246 e. The van der Waals surface area contributed by atoms with Gasteiger partial charge in [-0.2, -0.15) is 0 Å². The van der Waals surface area contributed by atoms with Gasteiger partial charge in [0, 0.05) is 29.6 Å². The summed E-state index contributed by atoms with van der Waals surface area (Å²) in [5, 5.41) is 9.83. The first-order valence-electron chi connectivity index (χ1n) is 12.5. The van der Waals surface area contributed by atoms with Crippen LogP contribution < -0.4 is 9.47 Å². The van der Waals surface area contributed by atoms with Gasteiger partial charge in [-0.1, -0.05) is 24.3 Å². The van der Waals surface area contributed by atoms with Gasteiger partial charge in [0.1, 0.15) is 6.04 Å². The number of piperazine rings is 1. The van der Waals surface area contributed by atoms with E-state index in [9.17, 15) is 9.59 Å². The van der Waals surface area contributed by atoms with E-state index in [1.54, 1.807) is 9.80 Å². The summed E-state index contributed by atoms with van der Waals surface area (Å²) in [6, 6.07) is 12.7. The van der Waals surface area contributed by atoms with Crippen molar-refractivity contribution in [2.24, 2.45) is 0 Å². The molecule has 194 valence electrons. The minimum Gasteiger partial charge on any atom is -0.454 e. The molecule has 0 saturated carbocycles. The van der Waals surface area contributed by atoms with Crippen LogP contribution in [0.5, 0.6) is 11.5 Å². The summed E-state index contributed by atoms with van der Waals surface area (Å²) in [5.74, 6) is 1.11. The number of hydrogen-bond donors (Lipinski definition) is 2. The van der Waals surface area contributed by atoms with Crippen molar-refractivity contribution in [3.05, 3.63) is 59.3 Å². The lowest BCUT2D eigenvalue weighted by atomic mass is 9.86. The molecule has 2 N–H and O–H groups in total. The number of rotatable bonds is 9. The monoisotopic (exact) mass is 507 g/mol. The molecule has 0 unspecified atom stereocenters. The van der Waals surface area contributed by atoms with Gasteiger partial charge in [0.15, 0.2) is 11.5 Å². The zero-order valence-electron chi connectivity index (χ0n) is 20.4. The number of benzene rings is 2. The van der Waals surface area contributed by atoms with Gasteiger partial charge in [-0.3, -0.25) is 9.59 Å². The molecule has 4 heterocycles. The lowest BCUT2D eigenvalue weighted by Crippen LogP contribution is -2.63. The van der Waals surface area contributed by atoms with Gasteiger partial charge in [0.05, 0.1) is 45.6 Å². The maximum Gasteiger partial charge on any atom is 0.246 e. The van der Waals surface area contributed by atoms with Crippen LogP contribution in [0.25, 0.3) is 10.9 Å². The second-order valence-corrected chi connectivity index (χ2v) is 9.31. The topological polar surface area (TPSA) is 114 Å². The van der Waals surface area contributed by atoms with Crippen molar-refractivity contribution in [1.82, 2.24) is 14.8 Å². The molecule has 1 fully saturated rings. The maximum atomic E-state index is 13.7. The predicted octanol–water partition coefficient (Wildman–Crippen LogP) is 1.61. The Bertz CT molecular complexity index is 1320. The Morgan fingerprint density at radius 1 is 1.00 bits per heavy atom. The quantitative estimate of drug-likeness (QED) is 0.423. The van der Waals surface area contributed by atoms with Crippen molar-refractivity contribution in [3.63, 3.8) is 0 Å². The van der Waals surface area contributed by atoms with Gasteiger partial charge in [0.25, 0.3) is 0 Å². The van der Waals surface area contributed by atoms with Gasteiger partial charge in [-0.25, -0.2) is 0 Å². The van der Waals surface area contributed by atoms with E-state index in [0.29, 0.717) is 44.3 Å². The molecule has 2 amide bonds. The number of nitrogens with zero attached hydrogens (tertiary/aromatic N) is 2. The highest BCUT2D eigenvalue weighted by Crippen LogP contribution is 2.44. The van der Waals surface area contributed by atoms with E-state index >= 15 is 0 Å². The molecule has 0 spiro atoms. The first-order valence-corrected chi connectivity index (χ1v) is 12.5. The fourth-order valence-corrected chi connectivity index (χ4v) is 5.50. The van der Waals surface area contributed by atoms with Crippen LogP contribution in [0.15, 0.2) is 42.5 Å². The second-order valence-electron chi connectivity index (χ2n) is 9.31. The lowest BCUT2D eigenvalue weighted by molar-refractivity contribution is -0.159. The van der Waals surface area contributed by atoms with Crippen LogP contribution in [0.2, 0.25) is 0 Å².